The van der Waals surface area contributed by atoms with E-state index in [1.54, 1.807) is 6.07 Å². The Labute approximate surface area is 110 Å². The quantitative estimate of drug-likeness (QED) is 0.796. The number of H-pyrrole nitrogens is 2. The molecule has 6 heteroatoms. The summed E-state index contributed by atoms with van der Waals surface area (Å²) in [5.74, 6) is 0. The van der Waals surface area contributed by atoms with Gasteiger partial charge in [-0.15, -0.1) is 0 Å². The summed E-state index contributed by atoms with van der Waals surface area (Å²) in [5, 5.41) is 9.00. The van der Waals surface area contributed by atoms with Gasteiger partial charge in [-0.3, -0.25) is 9.78 Å². The van der Waals surface area contributed by atoms with Crippen LogP contribution in [-0.2, 0) is 0 Å². The van der Waals surface area contributed by atoms with Crippen molar-refractivity contribution in [2.45, 2.75) is 0 Å². The Morgan fingerprint density at radius 2 is 2.00 bits per heavy atom. The van der Waals surface area contributed by atoms with Gasteiger partial charge in [0.05, 0.1) is 5.69 Å². The molecule has 0 amide bonds. The van der Waals surface area contributed by atoms with E-state index in [0.29, 0.717) is 5.69 Å². The Bertz CT molecular complexity index is 726. The summed E-state index contributed by atoms with van der Waals surface area (Å²) in [6, 6.07) is 9.17. The molecule has 0 bridgehead atoms. The maximum Gasteiger partial charge on any atom is 0.270 e. The summed E-state index contributed by atoms with van der Waals surface area (Å²) in [5.41, 5.74) is 0.683. The molecule has 0 saturated carbocycles. The minimum atomic E-state index is -0.484. The SMILES string of the molecule is N#Cc1c(-c2ccccc2Br)[nH]c(=S)[nH]c1=O. The number of nitrogens with zero attached hydrogens (tertiary/aromatic N) is 1. The van der Waals surface area contributed by atoms with Gasteiger partial charge in [0.2, 0.25) is 0 Å². The number of halogens is 1. The zero-order valence-corrected chi connectivity index (χ0v) is 10.9. The lowest BCUT2D eigenvalue weighted by molar-refractivity contribution is 1.08. The predicted molar refractivity (Wildman–Crippen MR) is 70.1 cm³/mol. The van der Waals surface area contributed by atoms with Gasteiger partial charge in [-0.05, 0) is 18.3 Å². The Hall–Kier alpha value is -1.71. The molecule has 17 heavy (non-hydrogen) atoms. The highest BCUT2D eigenvalue weighted by molar-refractivity contribution is 9.10. The number of nitriles is 1. The molecule has 0 radical (unpaired) electrons. The van der Waals surface area contributed by atoms with E-state index in [-0.39, 0.29) is 10.3 Å². The van der Waals surface area contributed by atoms with Gasteiger partial charge in [-0.2, -0.15) is 5.26 Å². The first-order valence-electron chi connectivity index (χ1n) is 4.65. The molecule has 2 N–H and O–H groups in total. The molecule has 84 valence electrons. The number of nitrogens with one attached hydrogen (secondary N) is 2. The molecule has 1 aromatic carbocycles. The van der Waals surface area contributed by atoms with Crippen molar-refractivity contribution in [1.82, 2.24) is 9.97 Å². The van der Waals surface area contributed by atoms with Crippen LogP contribution in [0.3, 0.4) is 0 Å². The van der Waals surface area contributed by atoms with Crippen molar-refractivity contribution in [1.29, 1.82) is 5.26 Å². The number of aromatic amines is 2. The smallest absolute Gasteiger partial charge is 0.270 e. The van der Waals surface area contributed by atoms with Crippen LogP contribution >= 0.6 is 28.1 Å². The topological polar surface area (TPSA) is 72.4 Å². The van der Waals surface area contributed by atoms with Gasteiger partial charge in [-0.25, -0.2) is 0 Å². The summed E-state index contributed by atoms with van der Waals surface area (Å²) in [7, 11) is 0. The predicted octanol–water partition coefficient (Wildman–Crippen LogP) is 2.73. The van der Waals surface area contributed by atoms with Crippen LogP contribution in [0.2, 0.25) is 0 Å². The molecule has 0 aliphatic rings. The van der Waals surface area contributed by atoms with E-state index in [2.05, 4.69) is 25.9 Å². The van der Waals surface area contributed by atoms with E-state index < -0.39 is 5.56 Å². The van der Waals surface area contributed by atoms with Gasteiger partial charge >= 0.3 is 0 Å². The lowest BCUT2D eigenvalue weighted by Gasteiger charge is -2.05. The molecule has 0 aliphatic carbocycles. The highest BCUT2D eigenvalue weighted by atomic mass is 79.9. The molecule has 0 spiro atoms. The second-order valence-electron chi connectivity index (χ2n) is 3.25. The van der Waals surface area contributed by atoms with Crippen molar-refractivity contribution in [3.8, 4) is 17.3 Å². The molecule has 2 aromatic rings. The van der Waals surface area contributed by atoms with Gasteiger partial charge in [0.1, 0.15) is 11.6 Å². The van der Waals surface area contributed by atoms with E-state index in [9.17, 15) is 4.79 Å². The van der Waals surface area contributed by atoms with Gasteiger partial charge < -0.3 is 4.98 Å². The largest absolute Gasteiger partial charge is 0.331 e. The molecule has 4 nitrogen and oxygen atoms in total. The van der Waals surface area contributed by atoms with E-state index in [0.717, 1.165) is 10.0 Å². The number of aromatic nitrogens is 2. The van der Waals surface area contributed by atoms with Gasteiger partial charge in [0.25, 0.3) is 5.56 Å². The molecule has 0 saturated heterocycles. The van der Waals surface area contributed by atoms with Crippen LogP contribution in [0.4, 0.5) is 0 Å². The standard InChI is InChI=1S/C11H6BrN3OS/c12-8-4-2-1-3-6(8)9-7(5-13)10(16)15-11(17)14-9/h1-4H,(H2,14,15,16,17). The Morgan fingerprint density at radius 1 is 1.29 bits per heavy atom. The number of benzene rings is 1. The summed E-state index contributed by atoms with van der Waals surface area (Å²) in [4.78, 5) is 16.8. The van der Waals surface area contributed by atoms with Crippen LogP contribution in [0.1, 0.15) is 5.56 Å². The molecule has 1 aromatic heterocycles. The van der Waals surface area contributed by atoms with Crippen LogP contribution in [0.25, 0.3) is 11.3 Å². The molecule has 0 atom stereocenters. The van der Waals surface area contributed by atoms with Crippen molar-refractivity contribution in [2.24, 2.45) is 0 Å². The summed E-state index contributed by atoms with van der Waals surface area (Å²) >= 11 is 8.27. The first-order valence-corrected chi connectivity index (χ1v) is 5.85. The second kappa shape index (κ2) is 4.65. The van der Waals surface area contributed by atoms with Gasteiger partial charge in [0.15, 0.2) is 4.77 Å². The third kappa shape index (κ3) is 2.20. The maximum absolute atomic E-state index is 11.6. The average Bonchev–Trinajstić information content (AvgIpc) is 2.28. The fraction of sp³-hybridized carbons (Fsp3) is 0. The van der Waals surface area contributed by atoms with E-state index in [1.165, 1.54) is 0 Å². The highest BCUT2D eigenvalue weighted by Crippen LogP contribution is 2.27. The van der Waals surface area contributed by atoms with Crippen LogP contribution < -0.4 is 5.56 Å². The van der Waals surface area contributed by atoms with Gasteiger partial charge in [-0.1, -0.05) is 34.1 Å². The third-order valence-electron chi connectivity index (χ3n) is 2.20. The number of hydrogen-bond donors (Lipinski definition) is 2. The minimum absolute atomic E-state index is 0.0190. The molecule has 2 rings (SSSR count). The lowest BCUT2D eigenvalue weighted by atomic mass is 10.1. The Balaban J connectivity index is 2.86. The molecule has 0 fully saturated rings. The Morgan fingerprint density at radius 3 is 2.65 bits per heavy atom. The third-order valence-corrected chi connectivity index (χ3v) is 3.09. The van der Waals surface area contributed by atoms with E-state index in [4.69, 9.17) is 17.5 Å². The average molecular weight is 308 g/mol. The second-order valence-corrected chi connectivity index (χ2v) is 4.51. The fourth-order valence-corrected chi connectivity index (χ4v) is 2.14. The first kappa shape index (κ1) is 11.8. The zero-order chi connectivity index (χ0) is 12.4. The van der Waals surface area contributed by atoms with Gasteiger partial charge in [0, 0.05) is 10.0 Å². The van der Waals surface area contributed by atoms with E-state index >= 15 is 0 Å². The van der Waals surface area contributed by atoms with Crippen molar-refractivity contribution < 1.29 is 0 Å². The lowest BCUT2D eigenvalue weighted by Crippen LogP contribution is -2.13. The van der Waals surface area contributed by atoms with Crippen molar-refractivity contribution in [3.05, 3.63) is 49.4 Å². The molecule has 1 heterocycles. The number of hydrogen-bond acceptors (Lipinski definition) is 3. The summed E-state index contributed by atoms with van der Waals surface area (Å²) < 4.78 is 0.979. The van der Waals surface area contributed by atoms with Crippen molar-refractivity contribution in [3.63, 3.8) is 0 Å². The molecule has 0 unspecified atom stereocenters. The molecular weight excluding hydrogens is 302 g/mol. The summed E-state index contributed by atoms with van der Waals surface area (Å²) in [6.07, 6.45) is 0. The molecule has 0 aliphatic heterocycles. The highest BCUT2D eigenvalue weighted by Gasteiger charge is 2.11. The van der Waals surface area contributed by atoms with Crippen LogP contribution in [0, 0.1) is 16.1 Å². The summed E-state index contributed by atoms with van der Waals surface area (Å²) in [6.45, 7) is 0. The minimum Gasteiger partial charge on any atom is -0.331 e. The van der Waals surface area contributed by atoms with Crippen LogP contribution in [0.5, 0.6) is 0 Å². The van der Waals surface area contributed by atoms with Crippen LogP contribution in [0.15, 0.2) is 33.5 Å². The normalized spacial score (nSPS) is 9.88. The first-order chi connectivity index (χ1) is 8.13. The van der Waals surface area contributed by atoms with Crippen LogP contribution in [-0.4, -0.2) is 9.97 Å². The fourth-order valence-electron chi connectivity index (χ4n) is 1.46. The van der Waals surface area contributed by atoms with Crippen molar-refractivity contribution in [2.75, 3.05) is 0 Å². The number of rotatable bonds is 1. The zero-order valence-electron chi connectivity index (χ0n) is 8.45. The van der Waals surface area contributed by atoms with Crippen molar-refractivity contribution >= 4 is 28.1 Å². The van der Waals surface area contributed by atoms with E-state index in [1.807, 2.05) is 24.3 Å². The Kier molecular flexibility index (Phi) is 3.22. The molecular formula is C11H6BrN3OS. The monoisotopic (exact) mass is 307 g/mol. The maximum atomic E-state index is 11.6.